The summed E-state index contributed by atoms with van der Waals surface area (Å²) >= 11 is 1.96. The van der Waals surface area contributed by atoms with E-state index >= 15 is 0 Å². The van der Waals surface area contributed by atoms with Crippen LogP contribution in [0.4, 0.5) is 0 Å². The number of rotatable bonds is 6. The van der Waals surface area contributed by atoms with Crippen LogP contribution in [0.3, 0.4) is 0 Å². The summed E-state index contributed by atoms with van der Waals surface area (Å²) in [6.07, 6.45) is 7.69. The zero-order valence-corrected chi connectivity index (χ0v) is 17.2. The molecular weight excluding hydrogens is 423 g/mol. The van der Waals surface area contributed by atoms with Crippen LogP contribution in [-0.2, 0) is 13.6 Å². The van der Waals surface area contributed by atoms with Gasteiger partial charge in [0.1, 0.15) is 12.4 Å². The number of guanidine groups is 1. The van der Waals surface area contributed by atoms with Crippen molar-refractivity contribution in [2.75, 3.05) is 12.8 Å². The molecule has 1 aromatic rings. The zero-order valence-electron chi connectivity index (χ0n) is 14.1. The topological polar surface area (TPSA) is 67.1 Å². The molecule has 1 heterocycles. The summed E-state index contributed by atoms with van der Waals surface area (Å²) in [6.45, 7) is 6.90. The van der Waals surface area contributed by atoms with Crippen LogP contribution in [0, 0.1) is 6.92 Å². The molecule has 0 spiro atoms. The third-order valence-corrected chi connectivity index (χ3v) is 5.13. The number of aromatic nitrogens is 3. The first-order valence-electron chi connectivity index (χ1n) is 7.67. The largest absolute Gasteiger partial charge is 0.354 e. The lowest BCUT2D eigenvalue weighted by atomic mass is 10.2. The number of hydrogen-bond acceptors (Lipinski definition) is 4. The van der Waals surface area contributed by atoms with Crippen molar-refractivity contribution in [2.45, 2.75) is 44.0 Å². The number of halogens is 1. The molecule has 0 radical (unpaired) electrons. The molecule has 6 nitrogen and oxygen atoms in total. The number of hydrogen-bond donors (Lipinski definition) is 2. The van der Waals surface area contributed by atoms with Crippen molar-refractivity contribution in [1.82, 2.24) is 25.4 Å². The Morgan fingerprint density at radius 2 is 2.26 bits per heavy atom. The van der Waals surface area contributed by atoms with Crippen molar-refractivity contribution in [3.05, 3.63) is 24.3 Å². The summed E-state index contributed by atoms with van der Waals surface area (Å²) < 4.78 is 1.97. The number of nitrogens with one attached hydrogen (secondary N) is 2. The zero-order chi connectivity index (χ0) is 15.9. The summed E-state index contributed by atoms with van der Waals surface area (Å²) in [6, 6.07) is 0.495. The molecule has 0 aromatic carbocycles. The fourth-order valence-electron chi connectivity index (χ4n) is 2.54. The first kappa shape index (κ1) is 20.3. The molecule has 2 N–H and O–H groups in total. The highest BCUT2D eigenvalue weighted by molar-refractivity contribution is 14.0. The average Bonchev–Trinajstić information content (AvgIpc) is 3.10. The monoisotopic (exact) mass is 450 g/mol. The second kappa shape index (κ2) is 10.2. The lowest BCUT2D eigenvalue weighted by Gasteiger charge is -2.17. The van der Waals surface area contributed by atoms with Crippen molar-refractivity contribution in [3.8, 4) is 0 Å². The lowest BCUT2D eigenvalue weighted by Crippen LogP contribution is -2.42. The van der Waals surface area contributed by atoms with E-state index in [0.717, 1.165) is 22.9 Å². The summed E-state index contributed by atoms with van der Waals surface area (Å²) in [5.41, 5.74) is 0. The highest BCUT2D eigenvalue weighted by Gasteiger charge is 2.24. The van der Waals surface area contributed by atoms with Gasteiger partial charge in [-0.15, -0.1) is 40.8 Å². The Balaban J connectivity index is 0.00000264. The molecule has 23 heavy (non-hydrogen) atoms. The SMILES string of the molecule is C=CCNC(=NCc1nnc(C)n1C)NC1CCC(SC)C1.I. The smallest absolute Gasteiger partial charge is 0.192 e. The number of aryl methyl sites for hydroxylation is 1. The lowest BCUT2D eigenvalue weighted by molar-refractivity contribution is 0.615. The number of nitrogens with zero attached hydrogens (tertiary/aromatic N) is 4. The van der Waals surface area contributed by atoms with Crippen LogP contribution in [0.15, 0.2) is 17.6 Å². The Morgan fingerprint density at radius 3 is 2.83 bits per heavy atom. The molecule has 1 aromatic heterocycles. The molecule has 8 heteroatoms. The minimum atomic E-state index is 0. The first-order chi connectivity index (χ1) is 10.6. The van der Waals surface area contributed by atoms with Gasteiger partial charge in [0, 0.05) is 24.9 Å². The van der Waals surface area contributed by atoms with Gasteiger partial charge in [-0.1, -0.05) is 6.08 Å². The minimum Gasteiger partial charge on any atom is -0.354 e. The second-order valence-corrected chi connectivity index (χ2v) is 6.71. The van der Waals surface area contributed by atoms with Gasteiger partial charge < -0.3 is 15.2 Å². The third-order valence-electron chi connectivity index (χ3n) is 4.03. The van der Waals surface area contributed by atoms with Gasteiger partial charge in [-0.3, -0.25) is 0 Å². The summed E-state index contributed by atoms with van der Waals surface area (Å²) in [4.78, 5) is 4.64. The van der Waals surface area contributed by atoms with Crippen LogP contribution < -0.4 is 10.6 Å². The molecule has 130 valence electrons. The summed E-state index contributed by atoms with van der Waals surface area (Å²) in [5.74, 6) is 2.59. The second-order valence-electron chi connectivity index (χ2n) is 5.57. The van der Waals surface area contributed by atoms with Crippen molar-refractivity contribution in [1.29, 1.82) is 0 Å². The van der Waals surface area contributed by atoms with Crippen molar-refractivity contribution in [3.63, 3.8) is 0 Å². The van der Waals surface area contributed by atoms with E-state index in [1.54, 1.807) is 0 Å². The van der Waals surface area contributed by atoms with E-state index in [4.69, 9.17) is 0 Å². The van der Waals surface area contributed by atoms with Gasteiger partial charge in [0.15, 0.2) is 11.8 Å². The fraction of sp³-hybridized carbons (Fsp3) is 0.667. The molecule has 1 aliphatic rings. The van der Waals surface area contributed by atoms with E-state index in [-0.39, 0.29) is 24.0 Å². The molecule has 1 saturated carbocycles. The van der Waals surface area contributed by atoms with Crippen LogP contribution in [0.2, 0.25) is 0 Å². The van der Waals surface area contributed by atoms with Gasteiger partial charge >= 0.3 is 0 Å². The van der Waals surface area contributed by atoms with E-state index in [1.165, 1.54) is 19.3 Å². The van der Waals surface area contributed by atoms with Gasteiger partial charge in [0.25, 0.3) is 0 Å². The van der Waals surface area contributed by atoms with Crippen LogP contribution in [0.1, 0.15) is 30.9 Å². The Hall–Kier alpha value is -0.770. The predicted molar refractivity (Wildman–Crippen MR) is 109 cm³/mol. The molecule has 2 atom stereocenters. The Morgan fingerprint density at radius 1 is 1.48 bits per heavy atom. The minimum absolute atomic E-state index is 0. The van der Waals surface area contributed by atoms with E-state index in [2.05, 4.69) is 38.7 Å². The normalized spacial score (nSPS) is 20.9. The van der Waals surface area contributed by atoms with Gasteiger partial charge in [0.2, 0.25) is 0 Å². The Kier molecular flexibility index (Phi) is 8.96. The van der Waals surface area contributed by atoms with Crippen molar-refractivity contribution < 1.29 is 0 Å². The molecule has 2 rings (SSSR count). The molecule has 0 bridgehead atoms. The van der Waals surface area contributed by atoms with Crippen LogP contribution in [-0.4, -0.2) is 44.8 Å². The third kappa shape index (κ3) is 5.98. The number of thioether (sulfide) groups is 1. The van der Waals surface area contributed by atoms with Crippen molar-refractivity contribution >= 4 is 41.7 Å². The van der Waals surface area contributed by atoms with Gasteiger partial charge in [-0.2, -0.15) is 11.8 Å². The maximum Gasteiger partial charge on any atom is 0.192 e. The summed E-state index contributed by atoms with van der Waals surface area (Å²) in [5, 5.41) is 15.8. The molecular formula is C15H27IN6S. The van der Waals surface area contributed by atoms with E-state index in [1.807, 2.05) is 36.4 Å². The maximum absolute atomic E-state index is 4.64. The molecule has 0 saturated heterocycles. The highest BCUT2D eigenvalue weighted by atomic mass is 127. The maximum atomic E-state index is 4.64. The van der Waals surface area contributed by atoms with Crippen molar-refractivity contribution in [2.24, 2.45) is 12.0 Å². The van der Waals surface area contributed by atoms with Gasteiger partial charge in [-0.25, -0.2) is 4.99 Å². The highest BCUT2D eigenvalue weighted by Crippen LogP contribution is 2.27. The molecule has 0 aliphatic heterocycles. The molecule has 1 aliphatic carbocycles. The van der Waals surface area contributed by atoms with E-state index < -0.39 is 0 Å². The van der Waals surface area contributed by atoms with E-state index in [9.17, 15) is 0 Å². The van der Waals surface area contributed by atoms with Gasteiger partial charge in [0.05, 0.1) is 0 Å². The molecule has 0 amide bonds. The Labute approximate surface area is 160 Å². The molecule has 2 unspecified atom stereocenters. The summed E-state index contributed by atoms with van der Waals surface area (Å²) in [7, 11) is 1.96. The van der Waals surface area contributed by atoms with Crippen LogP contribution in [0.25, 0.3) is 0 Å². The van der Waals surface area contributed by atoms with Crippen LogP contribution >= 0.6 is 35.7 Å². The average molecular weight is 450 g/mol. The molecule has 1 fully saturated rings. The quantitative estimate of drug-likeness (QED) is 0.301. The fourth-order valence-corrected chi connectivity index (χ4v) is 3.34. The number of aliphatic imine (C=N–C) groups is 1. The van der Waals surface area contributed by atoms with Crippen LogP contribution in [0.5, 0.6) is 0 Å². The Bertz CT molecular complexity index is 530. The van der Waals surface area contributed by atoms with Gasteiger partial charge in [-0.05, 0) is 32.4 Å². The standard InChI is InChI=1S/C15H26N6S.HI/c1-5-8-16-15(18-12-6-7-13(9-12)22-4)17-10-14-20-19-11(2)21(14)3;/h5,12-13H,1,6-10H2,2-4H3,(H2,16,17,18);1H. The predicted octanol–water partition coefficient (Wildman–Crippen LogP) is 2.25. The van der Waals surface area contributed by atoms with E-state index in [0.29, 0.717) is 19.1 Å². The first-order valence-corrected chi connectivity index (χ1v) is 8.96.